The summed E-state index contributed by atoms with van der Waals surface area (Å²) in [6.45, 7) is 4.82. The number of aromatic nitrogens is 1. The van der Waals surface area contributed by atoms with Gasteiger partial charge in [0.05, 0.1) is 4.92 Å². The fourth-order valence-corrected chi connectivity index (χ4v) is 2.98. The number of likely N-dealkylation sites (N-methyl/N-ethyl adjacent to an activating group) is 1. The van der Waals surface area contributed by atoms with Gasteiger partial charge in [-0.2, -0.15) is 0 Å². The fraction of sp³-hybridized carbons (Fsp3) is 0.727. The SMILES string of the molecule is CCN(CC1CCCCN1)c1ncc([N+](=O)[O-])s1. The number of anilines is 1. The third kappa shape index (κ3) is 3.17. The average molecular weight is 270 g/mol. The molecule has 1 aliphatic heterocycles. The smallest absolute Gasteiger partial charge is 0.345 e. The van der Waals surface area contributed by atoms with E-state index in [-0.39, 0.29) is 9.92 Å². The third-order valence-electron chi connectivity index (χ3n) is 3.17. The second kappa shape index (κ2) is 6.10. The van der Waals surface area contributed by atoms with Crippen LogP contribution in [0.4, 0.5) is 10.1 Å². The lowest BCUT2D eigenvalue weighted by Crippen LogP contribution is -2.43. The zero-order valence-corrected chi connectivity index (χ0v) is 11.3. The van der Waals surface area contributed by atoms with E-state index in [9.17, 15) is 10.1 Å². The van der Waals surface area contributed by atoms with E-state index >= 15 is 0 Å². The molecule has 1 saturated heterocycles. The predicted molar refractivity (Wildman–Crippen MR) is 72.3 cm³/mol. The molecule has 1 atom stereocenters. The maximum Gasteiger partial charge on any atom is 0.345 e. The van der Waals surface area contributed by atoms with E-state index in [0.717, 1.165) is 36.1 Å². The Morgan fingerprint density at radius 3 is 3.06 bits per heavy atom. The summed E-state index contributed by atoms with van der Waals surface area (Å²) < 4.78 is 0. The molecule has 0 radical (unpaired) electrons. The summed E-state index contributed by atoms with van der Waals surface area (Å²) in [5.74, 6) is 0. The van der Waals surface area contributed by atoms with Crippen LogP contribution in [0.3, 0.4) is 0 Å². The highest BCUT2D eigenvalue weighted by Gasteiger charge is 2.20. The largest absolute Gasteiger partial charge is 0.347 e. The minimum atomic E-state index is -0.381. The number of piperidine rings is 1. The average Bonchev–Trinajstić information content (AvgIpc) is 2.87. The lowest BCUT2D eigenvalue weighted by Gasteiger charge is -2.29. The summed E-state index contributed by atoms with van der Waals surface area (Å²) in [7, 11) is 0. The van der Waals surface area contributed by atoms with Crippen molar-refractivity contribution in [1.82, 2.24) is 10.3 Å². The molecular weight excluding hydrogens is 252 g/mol. The van der Waals surface area contributed by atoms with Gasteiger partial charge in [-0.05, 0) is 37.6 Å². The number of nitrogens with zero attached hydrogens (tertiary/aromatic N) is 3. The van der Waals surface area contributed by atoms with Gasteiger partial charge < -0.3 is 10.2 Å². The Balaban J connectivity index is 2.00. The molecule has 0 amide bonds. The molecule has 18 heavy (non-hydrogen) atoms. The van der Waals surface area contributed by atoms with E-state index < -0.39 is 0 Å². The Morgan fingerprint density at radius 1 is 1.67 bits per heavy atom. The molecule has 0 aliphatic carbocycles. The van der Waals surface area contributed by atoms with Gasteiger partial charge in [-0.1, -0.05) is 6.42 Å². The molecule has 1 aromatic rings. The Morgan fingerprint density at radius 2 is 2.50 bits per heavy atom. The van der Waals surface area contributed by atoms with Gasteiger partial charge in [0.2, 0.25) is 0 Å². The summed E-state index contributed by atoms with van der Waals surface area (Å²) >= 11 is 1.15. The van der Waals surface area contributed by atoms with Crippen molar-refractivity contribution in [2.75, 3.05) is 24.5 Å². The molecule has 0 saturated carbocycles. The van der Waals surface area contributed by atoms with Crippen LogP contribution in [0.25, 0.3) is 0 Å². The first kappa shape index (κ1) is 13.2. The Bertz CT molecular complexity index is 404. The number of nitro groups is 1. The van der Waals surface area contributed by atoms with Crippen molar-refractivity contribution < 1.29 is 4.92 Å². The van der Waals surface area contributed by atoms with E-state index in [1.807, 2.05) is 0 Å². The van der Waals surface area contributed by atoms with Crippen molar-refractivity contribution in [3.63, 3.8) is 0 Å². The Kier molecular flexibility index (Phi) is 4.48. The minimum Gasteiger partial charge on any atom is -0.347 e. The quantitative estimate of drug-likeness (QED) is 0.654. The van der Waals surface area contributed by atoms with E-state index in [2.05, 4.69) is 22.1 Å². The van der Waals surface area contributed by atoms with E-state index in [0.29, 0.717) is 6.04 Å². The second-order valence-corrected chi connectivity index (χ2v) is 5.41. The standard InChI is InChI=1S/C11H18N4O2S/c1-2-14(8-9-5-3-4-6-12-9)11-13-7-10(18-11)15(16)17/h7,9,12H,2-6,8H2,1H3. The van der Waals surface area contributed by atoms with E-state index in [1.54, 1.807) is 0 Å². The maximum absolute atomic E-state index is 10.7. The minimum absolute atomic E-state index is 0.111. The number of hydrogen-bond acceptors (Lipinski definition) is 6. The van der Waals surface area contributed by atoms with Gasteiger partial charge in [-0.3, -0.25) is 10.1 Å². The monoisotopic (exact) mass is 270 g/mol. The molecule has 0 bridgehead atoms. The summed E-state index contributed by atoms with van der Waals surface area (Å²) in [5, 5.41) is 15.0. The molecule has 7 heteroatoms. The van der Waals surface area contributed by atoms with Crippen LogP contribution in [0.15, 0.2) is 6.20 Å². The maximum atomic E-state index is 10.7. The fourth-order valence-electron chi connectivity index (χ4n) is 2.18. The second-order valence-electron chi connectivity index (χ2n) is 4.42. The molecule has 100 valence electrons. The van der Waals surface area contributed by atoms with Crippen LogP contribution in [0.1, 0.15) is 26.2 Å². The number of rotatable bonds is 5. The number of nitrogens with one attached hydrogen (secondary N) is 1. The van der Waals surface area contributed by atoms with Crippen molar-refractivity contribution in [2.45, 2.75) is 32.2 Å². The number of hydrogen-bond donors (Lipinski definition) is 1. The van der Waals surface area contributed by atoms with Gasteiger partial charge in [-0.25, -0.2) is 4.98 Å². The van der Waals surface area contributed by atoms with Crippen LogP contribution in [0.5, 0.6) is 0 Å². The van der Waals surface area contributed by atoms with Gasteiger partial charge in [0.15, 0.2) is 5.13 Å². The van der Waals surface area contributed by atoms with Gasteiger partial charge >= 0.3 is 5.00 Å². The zero-order valence-electron chi connectivity index (χ0n) is 10.5. The van der Waals surface area contributed by atoms with Gasteiger partial charge in [0, 0.05) is 19.1 Å². The van der Waals surface area contributed by atoms with Crippen LogP contribution in [-0.2, 0) is 0 Å². The predicted octanol–water partition coefficient (Wildman–Crippen LogP) is 2.02. The van der Waals surface area contributed by atoms with Crippen molar-refractivity contribution >= 4 is 21.5 Å². The molecule has 2 rings (SSSR count). The molecule has 0 aromatic carbocycles. The molecular formula is C11H18N4O2S. The third-order valence-corrected chi connectivity index (χ3v) is 4.18. The Labute approximate surface area is 110 Å². The first-order chi connectivity index (χ1) is 8.70. The van der Waals surface area contributed by atoms with Crippen molar-refractivity contribution in [1.29, 1.82) is 0 Å². The van der Waals surface area contributed by atoms with Gasteiger partial charge in [-0.15, -0.1) is 0 Å². The molecule has 1 N–H and O–H groups in total. The molecule has 0 spiro atoms. The van der Waals surface area contributed by atoms with Crippen molar-refractivity contribution in [3.05, 3.63) is 16.3 Å². The summed E-state index contributed by atoms with van der Waals surface area (Å²) in [6.07, 6.45) is 5.01. The molecule has 6 nitrogen and oxygen atoms in total. The first-order valence-corrected chi connectivity index (χ1v) is 7.11. The van der Waals surface area contributed by atoms with Crippen LogP contribution in [0, 0.1) is 10.1 Å². The van der Waals surface area contributed by atoms with Crippen LogP contribution < -0.4 is 10.2 Å². The lowest BCUT2D eigenvalue weighted by atomic mass is 10.0. The van der Waals surface area contributed by atoms with Crippen LogP contribution >= 0.6 is 11.3 Å². The van der Waals surface area contributed by atoms with Crippen LogP contribution in [0.2, 0.25) is 0 Å². The van der Waals surface area contributed by atoms with Gasteiger partial charge in [0.25, 0.3) is 0 Å². The molecule has 1 aromatic heterocycles. The molecule has 1 aliphatic rings. The summed E-state index contributed by atoms with van der Waals surface area (Å²) in [6, 6.07) is 0.474. The topological polar surface area (TPSA) is 71.3 Å². The Hall–Kier alpha value is -1.21. The van der Waals surface area contributed by atoms with E-state index in [1.165, 1.54) is 25.5 Å². The highest BCUT2D eigenvalue weighted by Crippen LogP contribution is 2.28. The molecule has 1 unspecified atom stereocenters. The highest BCUT2D eigenvalue weighted by molar-refractivity contribution is 7.18. The van der Waals surface area contributed by atoms with Crippen LogP contribution in [-0.4, -0.2) is 35.6 Å². The molecule has 2 heterocycles. The molecule has 1 fully saturated rings. The van der Waals surface area contributed by atoms with Gasteiger partial charge in [0.1, 0.15) is 6.20 Å². The number of thiazole rings is 1. The van der Waals surface area contributed by atoms with Crippen molar-refractivity contribution in [2.24, 2.45) is 0 Å². The summed E-state index contributed by atoms with van der Waals surface area (Å²) in [4.78, 5) is 16.5. The lowest BCUT2D eigenvalue weighted by molar-refractivity contribution is -0.380. The first-order valence-electron chi connectivity index (χ1n) is 6.29. The normalized spacial score (nSPS) is 19.7. The highest BCUT2D eigenvalue weighted by atomic mass is 32.1. The zero-order chi connectivity index (χ0) is 13.0. The van der Waals surface area contributed by atoms with Crippen molar-refractivity contribution in [3.8, 4) is 0 Å². The summed E-state index contributed by atoms with van der Waals surface area (Å²) in [5.41, 5.74) is 0. The van der Waals surface area contributed by atoms with E-state index in [4.69, 9.17) is 0 Å².